The maximum atomic E-state index is 12.1. The van der Waals surface area contributed by atoms with Gasteiger partial charge in [-0.05, 0) is 26.3 Å². The second-order valence-electron chi connectivity index (χ2n) is 7.14. The number of carbonyl (C=O) groups excluding carboxylic acids is 2. The van der Waals surface area contributed by atoms with E-state index < -0.39 is 17.8 Å². The highest BCUT2D eigenvalue weighted by atomic mass is 16.6. The van der Waals surface area contributed by atoms with Crippen LogP contribution in [0.25, 0.3) is 0 Å². The first-order valence-electron chi connectivity index (χ1n) is 8.34. The van der Waals surface area contributed by atoms with Crippen molar-refractivity contribution >= 4 is 12.2 Å². The average molecular weight is 350 g/mol. The quantitative estimate of drug-likeness (QED) is 0.869. The monoisotopic (exact) mass is 350 g/mol. The van der Waals surface area contributed by atoms with Gasteiger partial charge < -0.3 is 24.8 Å². The fourth-order valence-corrected chi connectivity index (χ4v) is 2.61. The van der Waals surface area contributed by atoms with Gasteiger partial charge in [-0.15, -0.1) is 0 Å². The Morgan fingerprint density at radius 1 is 1.24 bits per heavy atom. The van der Waals surface area contributed by atoms with Crippen LogP contribution in [0.15, 0.2) is 30.3 Å². The van der Waals surface area contributed by atoms with E-state index in [1.807, 2.05) is 30.3 Å². The number of likely N-dealkylation sites (tertiary alicyclic amines) is 1. The Morgan fingerprint density at radius 2 is 1.92 bits per heavy atom. The molecule has 0 bridgehead atoms. The zero-order valence-electron chi connectivity index (χ0n) is 14.9. The van der Waals surface area contributed by atoms with E-state index in [1.54, 1.807) is 20.8 Å². The number of amides is 2. The molecular weight excluding hydrogens is 324 g/mol. The number of alkyl carbamates (subject to hydrolysis) is 1. The molecule has 1 saturated heterocycles. The summed E-state index contributed by atoms with van der Waals surface area (Å²) in [6.45, 7) is 6.01. The standard InChI is InChI=1S/C18H26N2O5/c1-18(2,3)25-17(23)20-9-14(11-21)15(10-20)19-16(22)24-12-13-7-5-4-6-8-13/h4-8,14-15,21H,9-12H2,1-3H3,(H,19,22)/t14?,15-/m0/s1. The molecule has 2 rings (SSSR count). The smallest absolute Gasteiger partial charge is 0.410 e. The second kappa shape index (κ2) is 8.20. The van der Waals surface area contributed by atoms with Gasteiger partial charge in [0.15, 0.2) is 0 Å². The third-order valence-corrected chi connectivity index (χ3v) is 3.84. The normalized spacial score (nSPS) is 20.2. The Balaban J connectivity index is 1.85. The third kappa shape index (κ3) is 5.94. The minimum Gasteiger partial charge on any atom is -0.445 e. The number of nitrogens with one attached hydrogen (secondary N) is 1. The fraction of sp³-hybridized carbons (Fsp3) is 0.556. The Labute approximate surface area is 147 Å². The first-order valence-corrected chi connectivity index (χ1v) is 8.34. The van der Waals surface area contributed by atoms with Crippen LogP contribution in [0, 0.1) is 5.92 Å². The van der Waals surface area contributed by atoms with Crippen molar-refractivity contribution in [1.29, 1.82) is 0 Å². The fourth-order valence-electron chi connectivity index (χ4n) is 2.61. The Hall–Kier alpha value is -2.28. The molecular formula is C18H26N2O5. The van der Waals surface area contributed by atoms with E-state index in [-0.39, 0.29) is 31.7 Å². The molecule has 7 nitrogen and oxygen atoms in total. The lowest BCUT2D eigenvalue weighted by atomic mass is 10.1. The van der Waals surface area contributed by atoms with Crippen LogP contribution < -0.4 is 5.32 Å². The van der Waals surface area contributed by atoms with E-state index in [2.05, 4.69) is 5.32 Å². The summed E-state index contributed by atoms with van der Waals surface area (Å²) in [4.78, 5) is 25.6. The molecule has 1 unspecified atom stereocenters. The average Bonchev–Trinajstić information content (AvgIpc) is 2.95. The van der Waals surface area contributed by atoms with Crippen LogP contribution in [0.4, 0.5) is 9.59 Å². The van der Waals surface area contributed by atoms with Crippen LogP contribution in [0.5, 0.6) is 0 Å². The molecule has 138 valence electrons. The lowest BCUT2D eigenvalue weighted by Crippen LogP contribution is -2.42. The molecule has 1 aliphatic heterocycles. The van der Waals surface area contributed by atoms with Crippen LogP contribution in [0.2, 0.25) is 0 Å². The van der Waals surface area contributed by atoms with E-state index in [9.17, 15) is 14.7 Å². The van der Waals surface area contributed by atoms with Crippen molar-refractivity contribution in [3.63, 3.8) is 0 Å². The molecule has 7 heteroatoms. The van der Waals surface area contributed by atoms with E-state index >= 15 is 0 Å². The van der Waals surface area contributed by atoms with Crippen LogP contribution in [0.3, 0.4) is 0 Å². The molecule has 1 aromatic rings. The first kappa shape index (κ1) is 19.1. The Morgan fingerprint density at radius 3 is 2.52 bits per heavy atom. The van der Waals surface area contributed by atoms with Crippen LogP contribution in [-0.2, 0) is 16.1 Å². The van der Waals surface area contributed by atoms with Gasteiger partial charge in [0.25, 0.3) is 0 Å². The largest absolute Gasteiger partial charge is 0.445 e. The molecule has 1 heterocycles. The van der Waals surface area contributed by atoms with Gasteiger partial charge in [-0.3, -0.25) is 0 Å². The first-order chi connectivity index (χ1) is 11.8. The third-order valence-electron chi connectivity index (χ3n) is 3.84. The summed E-state index contributed by atoms with van der Waals surface area (Å²) in [5.74, 6) is -0.253. The molecule has 1 aliphatic rings. The second-order valence-corrected chi connectivity index (χ2v) is 7.14. The summed E-state index contributed by atoms with van der Waals surface area (Å²) < 4.78 is 10.5. The maximum Gasteiger partial charge on any atom is 0.410 e. The number of benzene rings is 1. The minimum atomic E-state index is -0.591. The van der Waals surface area contributed by atoms with E-state index in [1.165, 1.54) is 4.90 Å². The number of hydrogen-bond donors (Lipinski definition) is 2. The summed E-state index contributed by atoms with van der Waals surface area (Å²) in [5, 5.41) is 12.2. The molecule has 2 N–H and O–H groups in total. The van der Waals surface area contributed by atoms with Gasteiger partial charge in [0.1, 0.15) is 12.2 Å². The number of ether oxygens (including phenoxy) is 2. The van der Waals surface area contributed by atoms with Crippen molar-refractivity contribution in [2.75, 3.05) is 19.7 Å². The zero-order chi connectivity index (χ0) is 18.4. The van der Waals surface area contributed by atoms with Gasteiger partial charge in [0.2, 0.25) is 0 Å². The van der Waals surface area contributed by atoms with Gasteiger partial charge in [0, 0.05) is 25.6 Å². The SMILES string of the molecule is CC(C)(C)OC(=O)N1CC(CO)[C@@H](NC(=O)OCc2ccccc2)C1. The zero-order valence-corrected chi connectivity index (χ0v) is 14.9. The van der Waals surface area contributed by atoms with E-state index in [0.29, 0.717) is 6.54 Å². The molecule has 0 saturated carbocycles. The summed E-state index contributed by atoms with van der Waals surface area (Å²) >= 11 is 0. The molecule has 0 aliphatic carbocycles. The maximum absolute atomic E-state index is 12.1. The van der Waals surface area contributed by atoms with Crippen molar-refractivity contribution < 1.29 is 24.2 Å². The van der Waals surface area contributed by atoms with Crippen LogP contribution >= 0.6 is 0 Å². The van der Waals surface area contributed by atoms with Gasteiger partial charge in [-0.25, -0.2) is 9.59 Å². The van der Waals surface area contributed by atoms with Crippen LogP contribution in [0.1, 0.15) is 26.3 Å². The summed E-state index contributed by atoms with van der Waals surface area (Å²) in [7, 11) is 0. The van der Waals surface area contributed by atoms with Crippen molar-refractivity contribution in [1.82, 2.24) is 10.2 Å². The topological polar surface area (TPSA) is 88.1 Å². The molecule has 2 amide bonds. The number of aliphatic hydroxyl groups is 1. The summed E-state index contributed by atoms with van der Waals surface area (Å²) in [6, 6.07) is 8.98. The molecule has 1 fully saturated rings. The molecule has 0 aromatic heterocycles. The number of hydrogen-bond acceptors (Lipinski definition) is 5. The van der Waals surface area contributed by atoms with Gasteiger partial charge >= 0.3 is 12.2 Å². The van der Waals surface area contributed by atoms with Crippen molar-refractivity contribution in [3.8, 4) is 0 Å². The van der Waals surface area contributed by atoms with E-state index in [4.69, 9.17) is 9.47 Å². The number of rotatable bonds is 4. The molecule has 2 atom stereocenters. The highest BCUT2D eigenvalue weighted by Crippen LogP contribution is 2.20. The number of carbonyl (C=O) groups is 2. The molecule has 1 aromatic carbocycles. The molecule has 0 spiro atoms. The van der Waals surface area contributed by atoms with Crippen LogP contribution in [-0.4, -0.2) is 53.5 Å². The predicted octanol–water partition coefficient (Wildman–Crippen LogP) is 2.14. The highest BCUT2D eigenvalue weighted by Gasteiger charge is 2.37. The molecule has 25 heavy (non-hydrogen) atoms. The van der Waals surface area contributed by atoms with Crippen molar-refractivity contribution in [2.45, 2.75) is 39.0 Å². The Bertz CT molecular complexity index is 585. The van der Waals surface area contributed by atoms with Gasteiger partial charge in [-0.1, -0.05) is 30.3 Å². The predicted molar refractivity (Wildman–Crippen MR) is 91.9 cm³/mol. The highest BCUT2D eigenvalue weighted by molar-refractivity contribution is 5.70. The lowest BCUT2D eigenvalue weighted by Gasteiger charge is -2.24. The Kier molecular flexibility index (Phi) is 6.25. The van der Waals surface area contributed by atoms with Gasteiger partial charge in [-0.2, -0.15) is 0 Å². The number of nitrogens with zero attached hydrogens (tertiary/aromatic N) is 1. The van der Waals surface area contributed by atoms with Gasteiger partial charge in [0.05, 0.1) is 6.04 Å². The van der Waals surface area contributed by atoms with Crippen molar-refractivity contribution in [2.24, 2.45) is 5.92 Å². The summed E-state index contributed by atoms with van der Waals surface area (Å²) in [5.41, 5.74) is 0.296. The summed E-state index contributed by atoms with van der Waals surface area (Å²) in [6.07, 6.45) is -1.02. The minimum absolute atomic E-state index is 0.136. The number of aliphatic hydroxyl groups excluding tert-OH is 1. The lowest BCUT2D eigenvalue weighted by molar-refractivity contribution is 0.0281. The molecule has 0 radical (unpaired) electrons. The van der Waals surface area contributed by atoms with Crippen molar-refractivity contribution in [3.05, 3.63) is 35.9 Å². The van der Waals surface area contributed by atoms with E-state index in [0.717, 1.165) is 5.56 Å².